The maximum atomic E-state index is 12.4. The second kappa shape index (κ2) is 7.54. The van der Waals surface area contributed by atoms with Gasteiger partial charge in [0.15, 0.2) is 0 Å². The quantitative estimate of drug-likeness (QED) is 0.816. The second-order valence-electron chi connectivity index (χ2n) is 8.07. The standard InChI is InChI=1S/C19H28N4O4S/c1-11(2)28(25,26)22-16-13(4)15(20-18(21-16)27-19(5,6)7)14-9-12(3)17(24)23(8)10-14/h9-11H,1-8H3,(H,20,21,22). The Kier molecular flexibility index (Phi) is 5.89. The number of anilines is 1. The van der Waals surface area contributed by atoms with E-state index < -0.39 is 20.9 Å². The van der Waals surface area contributed by atoms with Gasteiger partial charge in [-0.05, 0) is 54.5 Å². The van der Waals surface area contributed by atoms with Gasteiger partial charge in [-0.2, -0.15) is 9.97 Å². The van der Waals surface area contributed by atoms with Crippen LogP contribution in [0, 0.1) is 13.8 Å². The lowest BCUT2D eigenvalue weighted by molar-refractivity contribution is 0.117. The minimum Gasteiger partial charge on any atom is -0.458 e. The molecule has 0 fully saturated rings. The number of nitrogens with zero attached hydrogens (tertiary/aromatic N) is 3. The smallest absolute Gasteiger partial charge is 0.319 e. The molecule has 0 bridgehead atoms. The Hall–Kier alpha value is -2.42. The Morgan fingerprint density at radius 3 is 2.29 bits per heavy atom. The molecule has 9 heteroatoms. The van der Waals surface area contributed by atoms with Crippen LogP contribution < -0.4 is 15.0 Å². The largest absolute Gasteiger partial charge is 0.458 e. The Bertz CT molecular complexity index is 1020. The molecular weight excluding hydrogens is 380 g/mol. The third-order valence-electron chi connectivity index (χ3n) is 4.02. The van der Waals surface area contributed by atoms with Crippen molar-refractivity contribution in [3.8, 4) is 17.3 Å². The summed E-state index contributed by atoms with van der Waals surface area (Å²) in [5.74, 6) is 0.157. The molecule has 0 spiro atoms. The third kappa shape index (κ3) is 4.89. The van der Waals surface area contributed by atoms with Crippen molar-refractivity contribution in [2.24, 2.45) is 7.05 Å². The molecule has 0 aliphatic carbocycles. The fourth-order valence-corrected chi connectivity index (χ4v) is 3.16. The first-order valence-corrected chi connectivity index (χ1v) is 10.5. The van der Waals surface area contributed by atoms with Crippen molar-refractivity contribution in [1.29, 1.82) is 0 Å². The monoisotopic (exact) mass is 408 g/mol. The number of aromatic nitrogens is 3. The Morgan fingerprint density at radius 2 is 1.79 bits per heavy atom. The van der Waals surface area contributed by atoms with Gasteiger partial charge in [0.1, 0.15) is 11.4 Å². The molecule has 2 rings (SSSR count). The SMILES string of the molecule is Cc1c(NS(=O)(=O)C(C)C)nc(OC(C)(C)C)nc1-c1cc(C)c(=O)n(C)c1. The van der Waals surface area contributed by atoms with Gasteiger partial charge in [-0.15, -0.1) is 0 Å². The Labute approximate surface area is 166 Å². The van der Waals surface area contributed by atoms with E-state index in [2.05, 4.69) is 14.7 Å². The van der Waals surface area contributed by atoms with Gasteiger partial charge in [0, 0.05) is 29.9 Å². The number of hydrogen-bond acceptors (Lipinski definition) is 6. The predicted molar refractivity (Wildman–Crippen MR) is 110 cm³/mol. The lowest BCUT2D eigenvalue weighted by atomic mass is 10.1. The number of ether oxygens (including phenoxy) is 1. The lowest BCUT2D eigenvalue weighted by Gasteiger charge is -2.22. The molecule has 0 atom stereocenters. The first kappa shape index (κ1) is 21.9. The molecule has 28 heavy (non-hydrogen) atoms. The molecule has 0 saturated carbocycles. The van der Waals surface area contributed by atoms with Crippen LogP contribution in [0.3, 0.4) is 0 Å². The van der Waals surface area contributed by atoms with Crippen LogP contribution in [-0.2, 0) is 17.1 Å². The highest BCUT2D eigenvalue weighted by Gasteiger charge is 2.23. The van der Waals surface area contributed by atoms with Crippen LogP contribution in [0.15, 0.2) is 17.1 Å². The fraction of sp³-hybridized carbons (Fsp3) is 0.526. The maximum Gasteiger partial charge on any atom is 0.319 e. The van der Waals surface area contributed by atoms with Gasteiger partial charge in [0.05, 0.1) is 10.9 Å². The summed E-state index contributed by atoms with van der Waals surface area (Å²) >= 11 is 0. The molecule has 0 aromatic carbocycles. The Balaban J connectivity index is 2.72. The molecule has 2 aromatic rings. The number of pyridine rings is 1. The molecule has 8 nitrogen and oxygen atoms in total. The van der Waals surface area contributed by atoms with Gasteiger partial charge in [-0.25, -0.2) is 8.42 Å². The van der Waals surface area contributed by atoms with Gasteiger partial charge < -0.3 is 9.30 Å². The summed E-state index contributed by atoms with van der Waals surface area (Å²) in [5, 5.41) is -0.628. The first-order chi connectivity index (χ1) is 12.7. The van der Waals surface area contributed by atoms with E-state index in [4.69, 9.17) is 4.74 Å². The van der Waals surface area contributed by atoms with Crippen LogP contribution >= 0.6 is 0 Å². The van der Waals surface area contributed by atoms with Gasteiger partial charge in [0.2, 0.25) is 10.0 Å². The molecule has 2 heterocycles. The van der Waals surface area contributed by atoms with E-state index in [9.17, 15) is 13.2 Å². The van der Waals surface area contributed by atoms with Crippen molar-refractivity contribution in [2.75, 3.05) is 4.72 Å². The minimum atomic E-state index is -3.61. The van der Waals surface area contributed by atoms with Crippen molar-refractivity contribution in [3.05, 3.63) is 33.7 Å². The number of rotatable bonds is 5. The van der Waals surface area contributed by atoms with Gasteiger partial charge in [0.25, 0.3) is 5.56 Å². The molecule has 1 N–H and O–H groups in total. The summed E-state index contributed by atoms with van der Waals surface area (Å²) in [4.78, 5) is 20.8. The van der Waals surface area contributed by atoms with E-state index in [1.54, 1.807) is 47.0 Å². The van der Waals surface area contributed by atoms with E-state index in [0.29, 0.717) is 22.4 Å². The summed E-state index contributed by atoms with van der Waals surface area (Å²) in [5.41, 5.74) is 1.59. The minimum absolute atomic E-state index is 0.0565. The molecule has 0 amide bonds. The van der Waals surface area contributed by atoms with Crippen LogP contribution in [-0.4, -0.2) is 33.8 Å². The van der Waals surface area contributed by atoms with Crippen LogP contribution in [0.5, 0.6) is 6.01 Å². The summed E-state index contributed by atoms with van der Waals surface area (Å²) < 4.78 is 34.6. The normalized spacial score (nSPS) is 12.3. The van der Waals surface area contributed by atoms with Crippen molar-refractivity contribution >= 4 is 15.8 Å². The topological polar surface area (TPSA) is 103 Å². The highest BCUT2D eigenvalue weighted by Crippen LogP contribution is 2.29. The third-order valence-corrected chi connectivity index (χ3v) is 5.74. The zero-order valence-electron chi connectivity index (χ0n) is 17.6. The zero-order chi connectivity index (χ0) is 21.4. The predicted octanol–water partition coefficient (Wildman–Crippen LogP) is 2.79. The van der Waals surface area contributed by atoms with Gasteiger partial charge >= 0.3 is 6.01 Å². The number of sulfonamides is 1. The Morgan fingerprint density at radius 1 is 1.18 bits per heavy atom. The maximum absolute atomic E-state index is 12.4. The number of nitrogens with one attached hydrogen (secondary N) is 1. The number of hydrogen-bond donors (Lipinski definition) is 1. The summed E-state index contributed by atoms with van der Waals surface area (Å²) in [6.07, 6.45) is 1.66. The van der Waals surface area contributed by atoms with Crippen LogP contribution in [0.1, 0.15) is 45.7 Å². The molecule has 0 aliphatic rings. The van der Waals surface area contributed by atoms with E-state index in [1.165, 1.54) is 4.57 Å². The van der Waals surface area contributed by atoms with Crippen LogP contribution in [0.25, 0.3) is 11.3 Å². The van der Waals surface area contributed by atoms with Crippen molar-refractivity contribution in [1.82, 2.24) is 14.5 Å². The van der Waals surface area contributed by atoms with Gasteiger partial charge in [-0.3, -0.25) is 9.52 Å². The fourth-order valence-electron chi connectivity index (χ4n) is 2.46. The summed E-state index contributed by atoms with van der Waals surface area (Å²) in [7, 11) is -1.95. The molecule has 0 unspecified atom stereocenters. The molecule has 0 radical (unpaired) electrons. The number of aryl methyl sites for hydroxylation is 2. The zero-order valence-corrected chi connectivity index (χ0v) is 18.4. The molecular formula is C19H28N4O4S. The second-order valence-corrected chi connectivity index (χ2v) is 10.3. The van der Waals surface area contributed by atoms with Gasteiger partial charge in [-0.1, -0.05) is 0 Å². The molecule has 0 saturated heterocycles. The molecule has 0 aliphatic heterocycles. The van der Waals surface area contributed by atoms with E-state index >= 15 is 0 Å². The summed E-state index contributed by atoms with van der Waals surface area (Å²) in [6, 6.07) is 1.78. The van der Waals surface area contributed by atoms with E-state index in [-0.39, 0.29) is 17.4 Å². The van der Waals surface area contributed by atoms with Crippen LogP contribution in [0.2, 0.25) is 0 Å². The highest BCUT2D eigenvalue weighted by atomic mass is 32.2. The van der Waals surface area contributed by atoms with Crippen molar-refractivity contribution in [3.63, 3.8) is 0 Å². The average molecular weight is 409 g/mol. The van der Waals surface area contributed by atoms with Crippen molar-refractivity contribution in [2.45, 2.75) is 59.3 Å². The van der Waals surface area contributed by atoms with E-state index in [0.717, 1.165) is 0 Å². The summed E-state index contributed by atoms with van der Waals surface area (Å²) in [6.45, 7) is 12.2. The molecule has 154 valence electrons. The van der Waals surface area contributed by atoms with Crippen LogP contribution in [0.4, 0.5) is 5.82 Å². The highest BCUT2D eigenvalue weighted by molar-refractivity contribution is 7.93. The average Bonchev–Trinajstić information content (AvgIpc) is 2.53. The van der Waals surface area contributed by atoms with E-state index in [1.807, 2.05) is 20.8 Å². The molecule has 2 aromatic heterocycles. The van der Waals surface area contributed by atoms with Crippen molar-refractivity contribution < 1.29 is 13.2 Å². The first-order valence-electron chi connectivity index (χ1n) is 8.98. The lowest BCUT2D eigenvalue weighted by Crippen LogP contribution is -2.26.